The van der Waals surface area contributed by atoms with Gasteiger partial charge < -0.3 is 10.5 Å². The van der Waals surface area contributed by atoms with E-state index in [1.165, 1.54) is 6.07 Å². The van der Waals surface area contributed by atoms with Crippen LogP contribution in [0.1, 0.15) is 18.0 Å². The molecule has 1 fully saturated rings. The number of hydrogen-bond donors (Lipinski definition) is 1. The number of benzene rings is 1. The molecular weight excluding hydrogens is 231 g/mol. The van der Waals surface area contributed by atoms with Gasteiger partial charge in [-0.2, -0.15) is 0 Å². The number of methoxy groups -OCH3 is 1. The van der Waals surface area contributed by atoms with Gasteiger partial charge in [0.15, 0.2) is 0 Å². The molecule has 4 heteroatoms. The van der Waals surface area contributed by atoms with Crippen LogP contribution in [0, 0.1) is 11.7 Å². The van der Waals surface area contributed by atoms with E-state index < -0.39 is 0 Å². The minimum absolute atomic E-state index is 0.0203. The Kier molecular flexibility index (Phi) is 4.69. The van der Waals surface area contributed by atoms with Crippen LogP contribution < -0.4 is 5.73 Å². The molecular formula is C14H21FN2O. The monoisotopic (exact) mass is 252 g/mol. The molecule has 0 aromatic heterocycles. The van der Waals surface area contributed by atoms with Crippen LogP contribution in [0.2, 0.25) is 0 Å². The van der Waals surface area contributed by atoms with Crippen LogP contribution in [0.15, 0.2) is 24.3 Å². The normalized spacial score (nSPS) is 22.3. The van der Waals surface area contributed by atoms with Crippen molar-refractivity contribution < 1.29 is 9.13 Å². The van der Waals surface area contributed by atoms with E-state index in [0.29, 0.717) is 18.0 Å². The van der Waals surface area contributed by atoms with Crippen molar-refractivity contribution in [2.45, 2.75) is 12.5 Å². The maximum atomic E-state index is 13.8. The van der Waals surface area contributed by atoms with Gasteiger partial charge in [0.1, 0.15) is 5.82 Å². The number of nitrogens with two attached hydrogens (primary N) is 1. The molecule has 1 aromatic carbocycles. The molecule has 1 aliphatic rings. The molecule has 2 unspecified atom stereocenters. The molecule has 2 atom stereocenters. The summed E-state index contributed by atoms with van der Waals surface area (Å²) >= 11 is 0. The molecule has 0 bridgehead atoms. The van der Waals surface area contributed by atoms with E-state index in [1.54, 1.807) is 13.2 Å². The third-order valence-electron chi connectivity index (χ3n) is 3.65. The first-order chi connectivity index (χ1) is 8.76. The molecule has 0 saturated carbocycles. The highest BCUT2D eigenvalue weighted by molar-refractivity contribution is 5.22. The lowest BCUT2D eigenvalue weighted by Crippen LogP contribution is -2.33. The lowest BCUT2D eigenvalue weighted by atomic mass is 10.0. The van der Waals surface area contributed by atoms with Gasteiger partial charge in [-0.15, -0.1) is 0 Å². The van der Waals surface area contributed by atoms with E-state index in [4.69, 9.17) is 10.5 Å². The summed E-state index contributed by atoms with van der Waals surface area (Å²) in [7, 11) is 1.72. The third-order valence-corrected chi connectivity index (χ3v) is 3.65. The van der Waals surface area contributed by atoms with E-state index in [1.807, 2.05) is 12.1 Å². The molecule has 0 radical (unpaired) electrons. The van der Waals surface area contributed by atoms with Gasteiger partial charge in [-0.1, -0.05) is 18.2 Å². The first kappa shape index (κ1) is 13.5. The molecule has 1 saturated heterocycles. The van der Waals surface area contributed by atoms with Crippen molar-refractivity contribution in [2.75, 3.05) is 33.4 Å². The minimum atomic E-state index is -0.164. The highest BCUT2D eigenvalue weighted by Gasteiger charge is 2.29. The lowest BCUT2D eigenvalue weighted by molar-refractivity contribution is 0.147. The predicted octanol–water partition coefficient (Wildman–Crippen LogP) is 1.79. The molecule has 100 valence electrons. The number of hydrogen-bond acceptors (Lipinski definition) is 3. The average Bonchev–Trinajstić information content (AvgIpc) is 2.82. The number of rotatable bonds is 5. The van der Waals surface area contributed by atoms with Crippen LogP contribution in [0.3, 0.4) is 0 Å². The summed E-state index contributed by atoms with van der Waals surface area (Å²) in [5.41, 5.74) is 6.54. The van der Waals surface area contributed by atoms with Gasteiger partial charge in [-0.3, -0.25) is 4.90 Å². The fraction of sp³-hybridized carbons (Fsp3) is 0.571. The standard InChI is InChI=1S/C14H21FN2O/c1-18-10-11-6-7-17(9-11)14(8-16)12-4-2-3-5-13(12)15/h2-5,11,14H,6-10,16H2,1H3. The largest absolute Gasteiger partial charge is 0.384 e. The van der Waals surface area contributed by atoms with Gasteiger partial charge in [0.25, 0.3) is 0 Å². The van der Waals surface area contributed by atoms with Crippen LogP contribution in [-0.4, -0.2) is 38.3 Å². The molecule has 1 heterocycles. The Morgan fingerprint density at radius 1 is 1.50 bits per heavy atom. The van der Waals surface area contributed by atoms with Gasteiger partial charge in [0.05, 0.1) is 6.61 Å². The number of halogens is 1. The first-order valence-corrected chi connectivity index (χ1v) is 6.43. The SMILES string of the molecule is COCC1CCN(C(CN)c2ccccc2F)C1. The lowest BCUT2D eigenvalue weighted by Gasteiger charge is -2.27. The maximum absolute atomic E-state index is 13.8. The van der Waals surface area contributed by atoms with Gasteiger partial charge in [0.2, 0.25) is 0 Å². The molecule has 2 rings (SSSR count). The second kappa shape index (κ2) is 6.27. The van der Waals surface area contributed by atoms with E-state index in [-0.39, 0.29) is 11.9 Å². The summed E-state index contributed by atoms with van der Waals surface area (Å²) in [6, 6.07) is 6.89. The third kappa shape index (κ3) is 2.88. The van der Waals surface area contributed by atoms with E-state index in [0.717, 1.165) is 26.1 Å². The minimum Gasteiger partial charge on any atom is -0.384 e. The fourth-order valence-corrected chi connectivity index (χ4v) is 2.74. The molecule has 0 aliphatic carbocycles. The molecule has 0 spiro atoms. The Bertz CT molecular complexity index is 386. The van der Waals surface area contributed by atoms with Crippen LogP contribution in [0.25, 0.3) is 0 Å². The summed E-state index contributed by atoms with van der Waals surface area (Å²) in [6.45, 7) is 3.11. The summed E-state index contributed by atoms with van der Waals surface area (Å²) in [4.78, 5) is 2.27. The Morgan fingerprint density at radius 3 is 2.94 bits per heavy atom. The Morgan fingerprint density at radius 2 is 2.28 bits per heavy atom. The zero-order valence-corrected chi connectivity index (χ0v) is 10.8. The van der Waals surface area contributed by atoms with Crippen molar-refractivity contribution in [1.29, 1.82) is 0 Å². The molecule has 0 amide bonds. The average molecular weight is 252 g/mol. The van der Waals surface area contributed by atoms with Crippen LogP contribution in [0.4, 0.5) is 4.39 Å². The highest BCUT2D eigenvalue weighted by atomic mass is 19.1. The second-order valence-corrected chi connectivity index (χ2v) is 4.88. The van der Waals surface area contributed by atoms with E-state index in [9.17, 15) is 4.39 Å². The van der Waals surface area contributed by atoms with Crippen molar-refractivity contribution in [1.82, 2.24) is 4.90 Å². The number of likely N-dealkylation sites (tertiary alicyclic amines) is 1. The zero-order valence-electron chi connectivity index (χ0n) is 10.8. The van der Waals surface area contributed by atoms with Crippen LogP contribution in [0.5, 0.6) is 0 Å². The highest BCUT2D eigenvalue weighted by Crippen LogP contribution is 2.28. The molecule has 2 N–H and O–H groups in total. The summed E-state index contributed by atoms with van der Waals surface area (Å²) < 4.78 is 19.0. The van der Waals surface area contributed by atoms with Gasteiger partial charge in [-0.05, 0) is 24.9 Å². The smallest absolute Gasteiger partial charge is 0.128 e. The summed E-state index contributed by atoms with van der Waals surface area (Å²) in [6.07, 6.45) is 1.10. The summed E-state index contributed by atoms with van der Waals surface area (Å²) in [5, 5.41) is 0. The molecule has 18 heavy (non-hydrogen) atoms. The number of ether oxygens (including phenoxy) is 1. The van der Waals surface area contributed by atoms with E-state index in [2.05, 4.69) is 4.90 Å². The van der Waals surface area contributed by atoms with Crippen molar-refractivity contribution in [3.05, 3.63) is 35.6 Å². The van der Waals surface area contributed by atoms with Crippen LogP contribution in [-0.2, 0) is 4.74 Å². The molecule has 1 aliphatic heterocycles. The topological polar surface area (TPSA) is 38.5 Å². The van der Waals surface area contributed by atoms with Gasteiger partial charge in [-0.25, -0.2) is 4.39 Å². The molecule has 3 nitrogen and oxygen atoms in total. The van der Waals surface area contributed by atoms with Crippen LogP contribution >= 0.6 is 0 Å². The number of nitrogens with zero attached hydrogens (tertiary/aromatic N) is 1. The first-order valence-electron chi connectivity index (χ1n) is 6.43. The van der Waals surface area contributed by atoms with Crippen molar-refractivity contribution in [2.24, 2.45) is 11.7 Å². The fourth-order valence-electron chi connectivity index (χ4n) is 2.74. The quantitative estimate of drug-likeness (QED) is 0.868. The van der Waals surface area contributed by atoms with Crippen molar-refractivity contribution in [3.63, 3.8) is 0 Å². The predicted molar refractivity (Wildman–Crippen MR) is 69.8 cm³/mol. The molecule has 1 aromatic rings. The Hall–Kier alpha value is -0.970. The summed E-state index contributed by atoms with van der Waals surface area (Å²) in [5.74, 6) is 0.374. The second-order valence-electron chi connectivity index (χ2n) is 4.88. The van der Waals surface area contributed by atoms with Gasteiger partial charge in [0, 0.05) is 31.8 Å². The van der Waals surface area contributed by atoms with Crippen molar-refractivity contribution in [3.8, 4) is 0 Å². The van der Waals surface area contributed by atoms with E-state index >= 15 is 0 Å². The van der Waals surface area contributed by atoms with Crippen molar-refractivity contribution >= 4 is 0 Å². The maximum Gasteiger partial charge on any atom is 0.128 e. The Labute approximate surface area is 108 Å². The Balaban J connectivity index is 2.08. The van der Waals surface area contributed by atoms with Gasteiger partial charge >= 0.3 is 0 Å². The zero-order chi connectivity index (χ0) is 13.0.